The summed E-state index contributed by atoms with van der Waals surface area (Å²) in [7, 11) is 0. The summed E-state index contributed by atoms with van der Waals surface area (Å²) in [6.07, 6.45) is 0. The number of nitrogens with one attached hydrogen (secondary N) is 2. The Balaban J connectivity index is 1.60. The second kappa shape index (κ2) is 6.60. The second-order valence-corrected chi connectivity index (χ2v) is 8.47. The number of amides is 2. The third kappa shape index (κ3) is 3.11. The van der Waals surface area contributed by atoms with Crippen molar-refractivity contribution >= 4 is 44.2 Å². The molecule has 2 amide bonds. The molecular weight excluding hydrogens is 374 g/mol. The molecule has 0 fully saturated rings. The summed E-state index contributed by atoms with van der Waals surface area (Å²) in [5.74, 6) is -0.189. The van der Waals surface area contributed by atoms with Gasteiger partial charge in [0, 0.05) is 0 Å². The predicted octanol–water partition coefficient (Wildman–Crippen LogP) is 4.46. The minimum atomic E-state index is -1.68. The van der Waals surface area contributed by atoms with E-state index in [4.69, 9.17) is 4.74 Å². The van der Waals surface area contributed by atoms with Gasteiger partial charge in [-0.05, 0) is 55.2 Å². The summed E-state index contributed by atoms with van der Waals surface area (Å²) in [6.45, 7) is 7.64. The van der Waals surface area contributed by atoms with Crippen LogP contribution in [0.2, 0.25) is 0 Å². The van der Waals surface area contributed by atoms with Gasteiger partial charge < -0.3 is 10.1 Å². The van der Waals surface area contributed by atoms with Gasteiger partial charge in [-0.15, -0.1) is 0 Å². The van der Waals surface area contributed by atoms with Crippen molar-refractivity contribution in [3.05, 3.63) is 47.5 Å². The first kappa shape index (κ1) is 18.4. The van der Waals surface area contributed by atoms with E-state index < -0.39 is 17.4 Å². The Bertz CT molecular complexity index is 1110. The number of rotatable bonds is 3. The monoisotopic (exact) mass is 395 g/mol. The fourth-order valence-corrected chi connectivity index (χ4v) is 3.97. The van der Waals surface area contributed by atoms with Crippen molar-refractivity contribution < 1.29 is 14.3 Å². The largest absolute Gasteiger partial charge is 0.466 e. The third-order valence-electron chi connectivity index (χ3n) is 4.86. The molecule has 1 aromatic heterocycles. The van der Waals surface area contributed by atoms with Gasteiger partial charge in [0.2, 0.25) is 0 Å². The van der Waals surface area contributed by atoms with Gasteiger partial charge in [0.05, 0.1) is 15.9 Å². The standard InChI is InChI=1S/C21H21N3O3S/c1-11(2)13-6-7-14-17(10-13)28-20(23-14)24-19(26)21(4)18(25)22-15-9-12(3)5-8-16(15)27-21/h5-11H,1-4H3,(H,22,25)(H,23,24,26). The van der Waals surface area contributed by atoms with E-state index in [0.29, 0.717) is 22.5 Å². The number of aryl methyl sites for hydroxylation is 1. The number of thiazole rings is 1. The molecule has 7 heteroatoms. The van der Waals surface area contributed by atoms with E-state index in [1.165, 1.54) is 23.8 Å². The first-order valence-corrected chi connectivity index (χ1v) is 9.91. The molecule has 144 valence electrons. The molecule has 1 atom stereocenters. The van der Waals surface area contributed by atoms with Gasteiger partial charge in [0.1, 0.15) is 5.75 Å². The van der Waals surface area contributed by atoms with Crippen LogP contribution >= 0.6 is 11.3 Å². The number of hydrogen-bond donors (Lipinski definition) is 2. The Morgan fingerprint density at radius 3 is 2.79 bits per heavy atom. The first-order valence-electron chi connectivity index (χ1n) is 9.09. The van der Waals surface area contributed by atoms with Gasteiger partial charge in [0.15, 0.2) is 5.13 Å². The molecule has 0 saturated heterocycles. The van der Waals surface area contributed by atoms with Gasteiger partial charge in [-0.3, -0.25) is 14.9 Å². The van der Waals surface area contributed by atoms with Crippen LogP contribution in [-0.4, -0.2) is 22.4 Å². The number of carbonyl (C=O) groups excluding carboxylic acids is 2. The van der Waals surface area contributed by atoms with Crippen molar-refractivity contribution in [2.24, 2.45) is 0 Å². The van der Waals surface area contributed by atoms with E-state index in [-0.39, 0.29) is 0 Å². The van der Waals surface area contributed by atoms with Gasteiger partial charge in [-0.1, -0.05) is 37.3 Å². The van der Waals surface area contributed by atoms with Gasteiger partial charge >= 0.3 is 0 Å². The molecule has 2 aromatic carbocycles. The average Bonchev–Trinajstić information content (AvgIpc) is 3.04. The van der Waals surface area contributed by atoms with Crippen LogP contribution in [0, 0.1) is 6.92 Å². The number of anilines is 2. The molecule has 0 bridgehead atoms. The third-order valence-corrected chi connectivity index (χ3v) is 5.80. The molecule has 0 spiro atoms. The minimum Gasteiger partial charge on any atom is -0.466 e. The molecule has 28 heavy (non-hydrogen) atoms. The Morgan fingerprint density at radius 2 is 2.04 bits per heavy atom. The van der Waals surface area contributed by atoms with Crippen molar-refractivity contribution in [3.63, 3.8) is 0 Å². The van der Waals surface area contributed by atoms with Crippen molar-refractivity contribution in [1.29, 1.82) is 0 Å². The van der Waals surface area contributed by atoms with Crippen LogP contribution in [0.25, 0.3) is 10.2 Å². The topological polar surface area (TPSA) is 80.3 Å². The lowest BCUT2D eigenvalue weighted by Crippen LogP contribution is -2.56. The van der Waals surface area contributed by atoms with E-state index >= 15 is 0 Å². The van der Waals surface area contributed by atoms with Crippen LogP contribution in [0.5, 0.6) is 5.75 Å². The summed E-state index contributed by atoms with van der Waals surface area (Å²) in [5, 5.41) is 5.95. The predicted molar refractivity (Wildman–Crippen MR) is 111 cm³/mol. The van der Waals surface area contributed by atoms with Crippen molar-refractivity contribution in [2.45, 2.75) is 39.2 Å². The molecule has 1 unspecified atom stereocenters. The molecule has 0 aliphatic carbocycles. The van der Waals surface area contributed by atoms with E-state index in [2.05, 4.69) is 35.5 Å². The molecule has 2 N–H and O–H groups in total. The zero-order chi connectivity index (χ0) is 20.1. The number of benzene rings is 2. The Labute approximate surface area is 166 Å². The molecule has 1 aliphatic heterocycles. The van der Waals surface area contributed by atoms with Crippen molar-refractivity contribution in [3.8, 4) is 5.75 Å². The minimum absolute atomic E-state index is 0.409. The van der Waals surface area contributed by atoms with Gasteiger partial charge in [0.25, 0.3) is 17.4 Å². The number of fused-ring (bicyclic) bond motifs is 2. The van der Waals surface area contributed by atoms with Crippen LogP contribution in [0.4, 0.5) is 10.8 Å². The highest BCUT2D eigenvalue weighted by atomic mass is 32.1. The fourth-order valence-electron chi connectivity index (χ4n) is 3.06. The molecule has 0 radical (unpaired) electrons. The summed E-state index contributed by atoms with van der Waals surface area (Å²) in [4.78, 5) is 30.0. The summed E-state index contributed by atoms with van der Waals surface area (Å²) in [6, 6.07) is 11.5. The Hall–Kier alpha value is -2.93. The maximum atomic E-state index is 12.9. The summed E-state index contributed by atoms with van der Waals surface area (Å²) in [5.41, 5.74) is 1.90. The van der Waals surface area contributed by atoms with Crippen LogP contribution in [0.15, 0.2) is 36.4 Å². The maximum Gasteiger partial charge on any atom is 0.280 e. The lowest BCUT2D eigenvalue weighted by Gasteiger charge is -2.33. The highest BCUT2D eigenvalue weighted by molar-refractivity contribution is 7.22. The molecule has 4 rings (SSSR count). The number of ether oxygens (including phenoxy) is 1. The zero-order valence-electron chi connectivity index (χ0n) is 16.1. The van der Waals surface area contributed by atoms with E-state index in [0.717, 1.165) is 15.8 Å². The van der Waals surface area contributed by atoms with Crippen molar-refractivity contribution in [1.82, 2.24) is 4.98 Å². The van der Waals surface area contributed by atoms with Gasteiger partial charge in [-0.25, -0.2) is 4.98 Å². The number of hydrogen-bond acceptors (Lipinski definition) is 5. The lowest BCUT2D eigenvalue weighted by atomic mass is 10.0. The molecule has 3 aromatic rings. The molecule has 1 aliphatic rings. The quantitative estimate of drug-likeness (QED) is 0.642. The Kier molecular flexibility index (Phi) is 4.34. The van der Waals surface area contributed by atoms with Crippen LogP contribution < -0.4 is 15.4 Å². The van der Waals surface area contributed by atoms with Crippen LogP contribution in [0.1, 0.15) is 37.8 Å². The Morgan fingerprint density at radius 1 is 1.25 bits per heavy atom. The van der Waals surface area contributed by atoms with E-state index in [9.17, 15) is 9.59 Å². The maximum absolute atomic E-state index is 12.9. The molecule has 0 saturated carbocycles. The zero-order valence-corrected chi connectivity index (χ0v) is 16.9. The second-order valence-electron chi connectivity index (χ2n) is 7.44. The summed E-state index contributed by atoms with van der Waals surface area (Å²) < 4.78 is 6.79. The first-order chi connectivity index (χ1) is 13.3. The number of carbonyl (C=O) groups is 2. The smallest absolute Gasteiger partial charge is 0.280 e. The molecule has 6 nitrogen and oxygen atoms in total. The van der Waals surface area contributed by atoms with E-state index in [1.807, 2.05) is 31.2 Å². The summed E-state index contributed by atoms with van der Waals surface area (Å²) >= 11 is 1.38. The van der Waals surface area contributed by atoms with Gasteiger partial charge in [-0.2, -0.15) is 0 Å². The van der Waals surface area contributed by atoms with Crippen molar-refractivity contribution in [2.75, 3.05) is 10.6 Å². The highest BCUT2D eigenvalue weighted by Gasteiger charge is 2.47. The lowest BCUT2D eigenvalue weighted by molar-refractivity contribution is -0.143. The SMILES string of the molecule is Cc1ccc2c(c1)NC(=O)C(C)(C(=O)Nc1nc3ccc(C(C)C)cc3s1)O2. The number of aromatic nitrogens is 1. The normalized spacial score (nSPS) is 18.5. The van der Waals surface area contributed by atoms with E-state index in [1.54, 1.807) is 6.07 Å². The number of nitrogens with zero attached hydrogens (tertiary/aromatic N) is 1. The fraction of sp³-hybridized carbons (Fsp3) is 0.286. The molecular formula is C21H21N3O3S. The molecule has 2 heterocycles. The van der Waals surface area contributed by atoms with Crippen LogP contribution in [0.3, 0.4) is 0 Å². The van der Waals surface area contributed by atoms with Crippen LogP contribution in [-0.2, 0) is 9.59 Å². The highest BCUT2D eigenvalue weighted by Crippen LogP contribution is 2.35. The average molecular weight is 395 g/mol.